The lowest BCUT2D eigenvalue weighted by atomic mass is 10.2. The summed E-state index contributed by atoms with van der Waals surface area (Å²) < 4.78 is 7.25. The second-order valence-electron chi connectivity index (χ2n) is 5.49. The number of fused-ring (bicyclic) bond motifs is 1. The van der Waals surface area contributed by atoms with E-state index in [9.17, 15) is 4.79 Å². The number of imidazole rings is 1. The van der Waals surface area contributed by atoms with Crippen molar-refractivity contribution in [3.63, 3.8) is 0 Å². The Hall–Kier alpha value is -2.34. The van der Waals surface area contributed by atoms with Crippen LogP contribution in [0.25, 0.3) is 0 Å². The molecule has 0 atom stereocenters. The molecule has 0 aliphatic carbocycles. The van der Waals surface area contributed by atoms with Crippen molar-refractivity contribution in [2.24, 2.45) is 0 Å². The van der Waals surface area contributed by atoms with Crippen LogP contribution in [0.4, 0.5) is 10.5 Å². The van der Waals surface area contributed by atoms with Gasteiger partial charge in [-0.3, -0.25) is 0 Å². The number of hydrogen-bond acceptors (Lipinski definition) is 3. The molecule has 0 radical (unpaired) electrons. The molecule has 0 bridgehead atoms. The highest BCUT2D eigenvalue weighted by Gasteiger charge is 2.23. The van der Waals surface area contributed by atoms with Crippen LogP contribution in [0.2, 0.25) is 0 Å². The van der Waals surface area contributed by atoms with Gasteiger partial charge in [-0.2, -0.15) is 0 Å². The molecule has 22 heavy (non-hydrogen) atoms. The molecule has 1 aliphatic rings. The number of carbonyl (C=O) groups is 1. The molecule has 116 valence electrons. The molecule has 1 aromatic heterocycles. The molecule has 6 nitrogen and oxygen atoms in total. The smallest absolute Gasteiger partial charge is 0.322 e. The highest BCUT2D eigenvalue weighted by Crippen LogP contribution is 2.18. The van der Waals surface area contributed by atoms with Crippen molar-refractivity contribution in [3.05, 3.63) is 47.5 Å². The van der Waals surface area contributed by atoms with Crippen molar-refractivity contribution in [3.8, 4) is 0 Å². The Kier molecular flexibility index (Phi) is 4.11. The van der Waals surface area contributed by atoms with E-state index in [4.69, 9.17) is 4.74 Å². The van der Waals surface area contributed by atoms with Gasteiger partial charge in [0, 0.05) is 25.9 Å². The third-order valence-corrected chi connectivity index (χ3v) is 3.82. The molecule has 1 N–H and O–H groups in total. The lowest BCUT2D eigenvalue weighted by Crippen LogP contribution is -2.40. The van der Waals surface area contributed by atoms with Crippen LogP contribution in [0.15, 0.2) is 30.6 Å². The average molecular weight is 300 g/mol. The minimum Gasteiger partial charge on any atom is -0.378 e. The first-order valence-electron chi connectivity index (χ1n) is 7.32. The van der Waals surface area contributed by atoms with E-state index in [1.807, 2.05) is 37.5 Å². The zero-order valence-corrected chi connectivity index (χ0v) is 12.9. The van der Waals surface area contributed by atoms with Crippen LogP contribution < -0.4 is 5.32 Å². The molecule has 1 aliphatic heterocycles. The van der Waals surface area contributed by atoms with Gasteiger partial charge in [0.05, 0.1) is 30.9 Å². The first kappa shape index (κ1) is 14.6. The second kappa shape index (κ2) is 6.19. The Labute approximate surface area is 129 Å². The van der Waals surface area contributed by atoms with E-state index >= 15 is 0 Å². The van der Waals surface area contributed by atoms with Crippen molar-refractivity contribution in [1.29, 1.82) is 0 Å². The molecule has 2 heterocycles. The molecule has 1 aromatic carbocycles. The minimum absolute atomic E-state index is 0.0820. The second-order valence-corrected chi connectivity index (χ2v) is 5.49. The predicted octanol–water partition coefficient (Wildman–Crippen LogP) is 2.39. The molecule has 2 amide bonds. The monoisotopic (exact) mass is 300 g/mol. The molecule has 2 aromatic rings. The van der Waals surface area contributed by atoms with Crippen LogP contribution in [0.3, 0.4) is 0 Å². The van der Waals surface area contributed by atoms with Gasteiger partial charge in [-0.25, -0.2) is 9.78 Å². The molecule has 3 rings (SSSR count). The normalized spacial score (nSPS) is 13.8. The van der Waals surface area contributed by atoms with Crippen LogP contribution in [-0.4, -0.2) is 34.1 Å². The molecular weight excluding hydrogens is 280 g/mol. The number of benzene rings is 1. The first-order valence-corrected chi connectivity index (χ1v) is 7.32. The van der Waals surface area contributed by atoms with Gasteiger partial charge in [0.1, 0.15) is 0 Å². The number of rotatable bonds is 3. The van der Waals surface area contributed by atoms with E-state index in [1.165, 1.54) is 0 Å². The molecule has 0 saturated carbocycles. The topological polar surface area (TPSA) is 59.4 Å². The molecular formula is C16H20N4O2. The van der Waals surface area contributed by atoms with Crippen LogP contribution >= 0.6 is 0 Å². The summed E-state index contributed by atoms with van der Waals surface area (Å²) in [4.78, 5) is 18.6. The van der Waals surface area contributed by atoms with Gasteiger partial charge >= 0.3 is 6.03 Å². The van der Waals surface area contributed by atoms with Crippen molar-refractivity contribution < 1.29 is 9.53 Å². The predicted molar refractivity (Wildman–Crippen MR) is 83.5 cm³/mol. The SMILES string of the molecule is COCc1ncn2c1CN(C(=O)Nc1cccc(C)c1)CC2. The zero-order chi connectivity index (χ0) is 15.5. The van der Waals surface area contributed by atoms with Gasteiger partial charge in [0.2, 0.25) is 0 Å². The lowest BCUT2D eigenvalue weighted by Gasteiger charge is -2.29. The summed E-state index contributed by atoms with van der Waals surface area (Å²) >= 11 is 0. The highest BCUT2D eigenvalue weighted by atomic mass is 16.5. The summed E-state index contributed by atoms with van der Waals surface area (Å²) in [6.45, 7) is 4.46. The summed E-state index contributed by atoms with van der Waals surface area (Å²) in [6.07, 6.45) is 1.82. The van der Waals surface area contributed by atoms with Crippen molar-refractivity contribution in [2.45, 2.75) is 26.6 Å². The van der Waals surface area contributed by atoms with E-state index in [0.29, 0.717) is 19.7 Å². The molecule has 0 fully saturated rings. The number of urea groups is 1. The van der Waals surface area contributed by atoms with Crippen molar-refractivity contribution in [2.75, 3.05) is 19.0 Å². The van der Waals surface area contributed by atoms with Gasteiger partial charge in [-0.1, -0.05) is 12.1 Å². The Balaban J connectivity index is 1.71. The number of amides is 2. The summed E-state index contributed by atoms with van der Waals surface area (Å²) in [7, 11) is 1.65. The Morgan fingerprint density at radius 1 is 1.41 bits per heavy atom. The molecule has 6 heteroatoms. The number of anilines is 1. The number of ether oxygens (including phenoxy) is 1. The lowest BCUT2D eigenvalue weighted by molar-refractivity contribution is 0.175. The summed E-state index contributed by atoms with van der Waals surface area (Å²) in [5, 5.41) is 2.95. The third kappa shape index (κ3) is 2.96. The number of nitrogens with one attached hydrogen (secondary N) is 1. The molecule has 0 unspecified atom stereocenters. The minimum atomic E-state index is -0.0820. The first-order chi connectivity index (χ1) is 10.7. The molecule has 0 spiro atoms. The van der Waals surface area contributed by atoms with E-state index in [-0.39, 0.29) is 6.03 Å². The quantitative estimate of drug-likeness (QED) is 0.947. The summed E-state index contributed by atoms with van der Waals surface area (Å²) in [5.74, 6) is 0. The van der Waals surface area contributed by atoms with Gasteiger partial charge in [-0.05, 0) is 24.6 Å². The Morgan fingerprint density at radius 2 is 2.27 bits per heavy atom. The summed E-state index contributed by atoms with van der Waals surface area (Å²) in [6, 6.07) is 7.72. The maximum absolute atomic E-state index is 12.4. The fraction of sp³-hybridized carbons (Fsp3) is 0.375. The Bertz CT molecular complexity index is 681. The van der Waals surface area contributed by atoms with E-state index in [2.05, 4.69) is 14.9 Å². The third-order valence-electron chi connectivity index (χ3n) is 3.82. The van der Waals surface area contributed by atoms with Gasteiger partial charge < -0.3 is 19.5 Å². The fourth-order valence-electron chi connectivity index (χ4n) is 2.67. The fourth-order valence-corrected chi connectivity index (χ4v) is 2.67. The Morgan fingerprint density at radius 3 is 3.05 bits per heavy atom. The van der Waals surface area contributed by atoms with E-state index < -0.39 is 0 Å². The number of methoxy groups -OCH3 is 1. The van der Waals surface area contributed by atoms with Crippen LogP contribution in [0, 0.1) is 6.92 Å². The van der Waals surface area contributed by atoms with Crippen molar-refractivity contribution in [1.82, 2.24) is 14.5 Å². The standard InChI is InChI=1S/C16H20N4O2/c1-12-4-3-5-13(8-12)18-16(21)19-6-7-20-11-17-14(10-22-2)15(20)9-19/h3-5,8,11H,6-7,9-10H2,1-2H3,(H,18,21). The van der Waals surface area contributed by atoms with Crippen LogP contribution in [0.5, 0.6) is 0 Å². The van der Waals surface area contributed by atoms with Crippen LogP contribution in [0.1, 0.15) is 17.0 Å². The number of hydrogen-bond donors (Lipinski definition) is 1. The van der Waals surface area contributed by atoms with Gasteiger partial charge in [0.25, 0.3) is 0 Å². The van der Waals surface area contributed by atoms with E-state index in [1.54, 1.807) is 12.0 Å². The zero-order valence-electron chi connectivity index (χ0n) is 12.9. The highest BCUT2D eigenvalue weighted by molar-refractivity contribution is 5.89. The average Bonchev–Trinajstić information content (AvgIpc) is 2.90. The van der Waals surface area contributed by atoms with Gasteiger partial charge in [-0.15, -0.1) is 0 Å². The number of aromatic nitrogens is 2. The van der Waals surface area contributed by atoms with Crippen LogP contribution in [-0.2, 0) is 24.4 Å². The van der Waals surface area contributed by atoms with Crippen molar-refractivity contribution >= 4 is 11.7 Å². The number of carbonyl (C=O) groups excluding carboxylic acids is 1. The molecule has 0 saturated heterocycles. The van der Waals surface area contributed by atoms with Gasteiger partial charge in [0.15, 0.2) is 0 Å². The number of aryl methyl sites for hydroxylation is 1. The maximum Gasteiger partial charge on any atom is 0.322 e. The largest absolute Gasteiger partial charge is 0.378 e. The van der Waals surface area contributed by atoms with E-state index in [0.717, 1.165) is 29.2 Å². The maximum atomic E-state index is 12.4. The summed E-state index contributed by atoms with van der Waals surface area (Å²) in [5.41, 5.74) is 3.89. The number of nitrogens with zero attached hydrogens (tertiary/aromatic N) is 3.